The highest BCUT2D eigenvalue weighted by atomic mass is 19.4. The first-order valence-electron chi connectivity index (χ1n) is 6.78. The Hall–Kier alpha value is -1.03. The number of alkyl halides is 3. The van der Waals surface area contributed by atoms with E-state index in [1.165, 1.54) is 12.1 Å². The van der Waals surface area contributed by atoms with Gasteiger partial charge in [-0.2, -0.15) is 13.2 Å². The van der Waals surface area contributed by atoms with Crippen LogP contribution in [0.2, 0.25) is 0 Å². The average Bonchev–Trinajstić information content (AvgIpc) is 2.37. The van der Waals surface area contributed by atoms with Crippen molar-refractivity contribution in [3.05, 3.63) is 35.4 Å². The topological polar surface area (TPSA) is 12.0 Å². The van der Waals surface area contributed by atoms with Crippen LogP contribution in [0.4, 0.5) is 13.2 Å². The fourth-order valence-corrected chi connectivity index (χ4v) is 2.93. The monoisotopic (exact) mass is 271 g/mol. The molecule has 1 fully saturated rings. The average molecular weight is 271 g/mol. The molecule has 106 valence electrons. The van der Waals surface area contributed by atoms with Crippen molar-refractivity contribution < 1.29 is 13.2 Å². The van der Waals surface area contributed by atoms with Crippen LogP contribution >= 0.6 is 0 Å². The summed E-state index contributed by atoms with van der Waals surface area (Å²) < 4.78 is 38.4. The SMILES string of the molecule is CCNCC1(c2cccc(C(F)(F)F)c2)CCC1C. The maximum absolute atomic E-state index is 12.8. The van der Waals surface area contributed by atoms with E-state index in [9.17, 15) is 13.2 Å². The van der Waals surface area contributed by atoms with Crippen LogP contribution in [0.3, 0.4) is 0 Å². The second kappa shape index (κ2) is 5.16. The molecule has 0 bridgehead atoms. The summed E-state index contributed by atoms with van der Waals surface area (Å²) in [4.78, 5) is 0. The molecule has 4 heteroatoms. The molecule has 0 aromatic heterocycles. The molecule has 0 aliphatic heterocycles. The Labute approximate surface area is 112 Å². The maximum atomic E-state index is 12.8. The van der Waals surface area contributed by atoms with Gasteiger partial charge in [-0.3, -0.25) is 0 Å². The summed E-state index contributed by atoms with van der Waals surface area (Å²) in [5, 5.41) is 3.30. The summed E-state index contributed by atoms with van der Waals surface area (Å²) in [5.74, 6) is 0.426. The van der Waals surface area contributed by atoms with Gasteiger partial charge in [-0.05, 0) is 36.9 Å². The third kappa shape index (κ3) is 2.64. The zero-order valence-electron chi connectivity index (χ0n) is 11.3. The van der Waals surface area contributed by atoms with E-state index < -0.39 is 11.7 Å². The second-order valence-corrected chi connectivity index (χ2v) is 5.45. The first-order valence-corrected chi connectivity index (χ1v) is 6.78. The van der Waals surface area contributed by atoms with E-state index in [1.54, 1.807) is 0 Å². The lowest BCUT2D eigenvalue weighted by molar-refractivity contribution is -0.137. The predicted octanol–water partition coefficient (Wildman–Crippen LogP) is 3.98. The molecule has 2 atom stereocenters. The van der Waals surface area contributed by atoms with E-state index in [2.05, 4.69) is 12.2 Å². The van der Waals surface area contributed by atoms with Gasteiger partial charge in [-0.15, -0.1) is 0 Å². The first kappa shape index (κ1) is 14.4. The van der Waals surface area contributed by atoms with E-state index in [4.69, 9.17) is 0 Å². The van der Waals surface area contributed by atoms with Gasteiger partial charge in [0.1, 0.15) is 0 Å². The van der Waals surface area contributed by atoms with Crippen LogP contribution in [0.15, 0.2) is 24.3 Å². The molecule has 1 aromatic rings. The van der Waals surface area contributed by atoms with E-state index in [-0.39, 0.29) is 5.41 Å². The van der Waals surface area contributed by atoms with Crippen LogP contribution in [0, 0.1) is 5.92 Å². The molecule has 1 saturated carbocycles. The van der Waals surface area contributed by atoms with Gasteiger partial charge >= 0.3 is 6.18 Å². The van der Waals surface area contributed by atoms with Gasteiger partial charge in [-0.25, -0.2) is 0 Å². The Balaban J connectivity index is 2.33. The summed E-state index contributed by atoms with van der Waals surface area (Å²) in [6.45, 7) is 5.74. The van der Waals surface area contributed by atoms with Crippen LogP contribution in [0.25, 0.3) is 0 Å². The molecule has 2 unspecified atom stereocenters. The highest BCUT2D eigenvalue weighted by molar-refractivity contribution is 5.35. The number of benzene rings is 1. The number of hydrogen-bond donors (Lipinski definition) is 1. The largest absolute Gasteiger partial charge is 0.416 e. The maximum Gasteiger partial charge on any atom is 0.416 e. The van der Waals surface area contributed by atoms with Crippen LogP contribution in [-0.4, -0.2) is 13.1 Å². The van der Waals surface area contributed by atoms with Crippen molar-refractivity contribution in [2.75, 3.05) is 13.1 Å². The number of rotatable bonds is 4. The van der Waals surface area contributed by atoms with Gasteiger partial charge in [0, 0.05) is 12.0 Å². The molecule has 1 aliphatic carbocycles. The van der Waals surface area contributed by atoms with Gasteiger partial charge in [-0.1, -0.05) is 32.0 Å². The molecule has 0 spiro atoms. The van der Waals surface area contributed by atoms with Crippen molar-refractivity contribution >= 4 is 0 Å². The number of nitrogens with one attached hydrogen (secondary N) is 1. The van der Waals surface area contributed by atoms with Crippen molar-refractivity contribution in [3.63, 3.8) is 0 Å². The van der Waals surface area contributed by atoms with Crippen LogP contribution in [-0.2, 0) is 11.6 Å². The Kier molecular flexibility index (Phi) is 3.90. The molecular weight excluding hydrogens is 251 g/mol. The van der Waals surface area contributed by atoms with Crippen LogP contribution < -0.4 is 5.32 Å². The predicted molar refractivity (Wildman–Crippen MR) is 70.1 cm³/mol. The lowest BCUT2D eigenvalue weighted by Crippen LogP contribution is -2.50. The van der Waals surface area contributed by atoms with Gasteiger partial charge in [0.25, 0.3) is 0 Å². The lowest BCUT2D eigenvalue weighted by atomic mass is 9.57. The quantitative estimate of drug-likeness (QED) is 0.873. The molecule has 2 rings (SSSR count). The highest BCUT2D eigenvalue weighted by Gasteiger charge is 2.45. The minimum atomic E-state index is -4.26. The number of halogens is 3. The molecule has 19 heavy (non-hydrogen) atoms. The molecule has 1 nitrogen and oxygen atoms in total. The standard InChI is InChI=1S/C15H20F3N/c1-3-19-10-14(8-7-11(14)2)12-5-4-6-13(9-12)15(16,17)18/h4-6,9,11,19H,3,7-8,10H2,1-2H3. The Morgan fingerprint density at radius 1 is 1.37 bits per heavy atom. The van der Waals surface area contributed by atoms with Crippen molar-refractivity contribution in [2.45, 2.75) is 38.3 Å². The third-order valence-corrected chi connectivity index (χ3v) is 4.42. The van der Waals surface area contributed by atoms with Crippen molar-refractivity contribution in [2.24, 2.45) is 5.92 Å². The minimum Gasteiger partial charge on any atom is -0.316 e. The second-order valence-electron chi connectivity index (χ2n) is 5.45. The Morgan fingerprint density at radius 2 is 2.11 bits per heavy atom. The van der Waals surface area contributed by atoms with E-state index in [1.807, 2.05) is 13.0 Å². The molecule has 0 radical (unpaired) electrons. The molecule has 1 aromatic carbocycles. The fourth-order valence-electron chi connectivity index (χ4n) is 2.93. The molecule has 0 heterocycles. The van der Waals surface area contributed by atoms with Gasteiger partial charge < -0.3 is 5.32 Å². The van der Waals surface area contributed by atoms with Gasteiger partial charge in [0.15, 0.2) is 0 Å². The number of hydrogen-bond acceptors (Lipinski definition) is 1. The molecule has 1 N–H and O–H groups in total. The molecular formula is C15H20F3N. The van der Waals surface area contributed by atoms with E-state index in [0.717, 1.165) is 37.6 Å². The lowest BCUT2D eigenvalue weighted by Gasteiger charge is -2.49. The summed E-state index contributed by atoms with van der Waals surface area (Å²) in [5.41, 5.74) is 0.152. The fraction of sp³-hybridized carbons (Fsp3) is 0.600. The normalized spacial score (nSPS) is 27.1. The van der Waals surface area contributed by atoms with Crippen molar-refractivity contribution in [1.82, 2.24) is 5.32 Å². The zero-order chi connectivity index (χ0) is 14.1. The van der Waals surface area contributed by atoms with E-state index >= 15 is 0 Å². The zero-order valence-corrected chi connectivity index (χ0v) is 11.3. The highest BCUT2D eigenvalue weighted by Crippen LogP contribution is 2.49. The Bertz CT molecular complexity index is 441. The van der Waals surface area contributed by atoms with E-state index in [0.29, 0.717) is 5.92 Å². The van der Waals surface area contributed by atoms with Crippen molar-refractivity contribution in [1.29, 1.82) is 0 Å². The Morgan fingerprint density at radius 3 is 2.58 bits per heavy atom. The summed E-state index contributed by atoms with van der Waals surface area (Å²) in [6.07, 6.45) is -2.22. The van der Waals surface area contributed by atoms with Crippen LogP contribution in [0.1, 0.15) is 37.8 Å². The van der Waals surface area contributed by atoms with Gasteiger partial charge in [0.05, 0.1) is 5.56 Å². The summed E-state index contributed by atoms with van der Waals surface area (Å²) in [6, 6.07) is 5.83. The molecule has 1 aliphatic rings. The third-order valence-electron chi connectivity index (χ3n) is 4.42. The minimum absolute atomic E-state index is 0.128. The molecule has 0 amide bonds. The van der Waals surface area contributed by atoms with Gasteiger partial charge in [0.2, 0.25) is 0 Å². The van der Waals surface area contributed by atoms with Crippen molar-refractivity contribution in [3.8, 4) is 0 Å². The summed E-state index contributed by atoms with van der Waals surface area (Å²) in [7, 11) is 0. The first-order chi connectivity index (χ1) is 8.90. The van der Waals surface area contributed by atoms with Crippen LogP contribution in [0.5, 0.6) is 0 Å². The summed E-state index contributed by atoms with van der Waals surface area (Å²) >= 11 is 0. The molecule has 0 saturated heterocycles. The number of likely N-dealkylation sites (N-methyl/N-ethyl adjacent to an activating group) is 1. The smallest absolute Gasteiger partial charge is 0.316 e.